The molecular weight excluding hydrogens is 254 g/mol. The summed E-state index contributed by atoms with van der Waals surface area (Å²) in [6, 6.07) is -0.567. The van der Waals surface area contributed by atoms with Gasteiger partial charge in [0.05, 0.1) is 6.10 Å². The van der Waals surface area contributed by atoms with Gasteiger partial charge in [0.15, 0.2) is 0 Å². The Morgan fingerprint density at radius 1 is 1.61 bits per heavy atom. The minimum atomic E-state index is -0.837. The van der Waals surface area contributed by atoms with Gasteiger partial charge >= 0.3 is 5.97 Å². The lowest BCUT2D eigenvalue weighted by Gasteiger charge is -2.19. The van der Waals surface area contributed by atoms with E-state index in [1.54, 1.807) is 12.0 Å². The second-order valence-corrected chi connectivity index (χ2v) is 5.42. The van der Waals surface area contributed by atoms with Gasteiger partial charge in [-0.2, -0.15) is 4.37 Å². The molecule has 2 heterocycles. The summed E-state index contributed by atoms with van der Waals surface area (Å²) in [6.45, 7) is 4.59. The van der Waals surface area contributed by atoms with Crippen molar-refractivity contribution in [3.63, 3.8) is 0 Å². The van der Waals surface area contributed by atoms with E-state index < -0.39 is 12.0 Å². The zero-order chi connectivity index (χ0) is 13.3. The number of ether oxygens (including phenoxy) is 1. The Bertz CT molecular complexity index is 435. The van der Waals surface area contributed by atoms with E-state index in [1.165, 1.54) is 11.5 Å². The highest BCUT2D eigenvalue weighted by atomic mass is 32.1. The minimum Gasteiger partial charge on any atom is -0.480 e. The molecule has 2 unspecified atom stereocenters. The molecule has 2 atom stereocenters. The highest BCUT2D eigenvalue weighted by Crippen LogP contribution is 2.29. The van der Waals surface area contributed by atoms with Crippen molar-refractivity contribution in [3.05, 3.63) is 5.82 Å². The van der Waals surface area contributed by atoms with Crippen LogP contribution < -0.4 is 4.90 Å². The Labute approximate surface area is 110 Å². The molecule has 0 radical (unpaired) electrons. The molecule has 0 amide bonds. The van der Waals surface area contributed by atoms with Crippen LogP contribution in [-0.4, -0.2) is 46.2 Å². The van der Waals surface area contributed by atoms with Gasteiger partial charge in [0.25, 0.3) is 0 Å². The van der Waals surface area contributed by atoms with Crippen molar-refractivity contribution >= 4 is 22.6 Å². The molecule has 1 fully saturated rings. The molecule has 2 rings (SSSR count). The van der Waals surface area contributed by atoms with Crippen LogP contribution in [-0.2, 0) is 9.53 Å². The summed E-state index contributed by atoms with van der Waals surface area (Å²) < 4.78 is 9.51. The SMILES string of the molecule is COC1CC(C(=O)O)N(c2nc(C(C)C)ns2)C1. The van der Waals surface area contributed by atoms with E-state index in [0.29, 0.717) is 18.1 Å². The molecule has 0 bridgehead atoms. The smallest absolute Gasteiger partial charge is 0.326 e. The number of methoxy groups -OCH3 is 1. The normalized spacial score (nSPS) is 23.9. The van der Waals surface area contributed by atoms with Crippen LogP contribution in [0.1, 0.15) is 32.0 Å². The van der Waals surface area contributed by atoms with Crippen LogP contribution in [0.3, 0.4) is 0 Å². The number of aromatic nitrogens is 2. The molecule has 0 aliphatic carbocycles. The molecule has 0 spiro atoms. The lowest BCUT2D eigenvalue weighted by atomic mass is 10.2. The number of carboxylic acids is 1. The summed E-state index contributed by atoms with van der Waals surface area (Å²) in [7, 11) is 1.60. The molecule has 0 saturated carbocycles. The van der Waals surface area contributed by atoms with E-state index in [1.807, 2.05) is 13.8 Å². The fourth-order valence-corrected chi connectivity index (χ4v) is 2.86. The predicted octanol–water partition coefficient (Wildman–Crippen LogP) is 1.34. The number of hydrogen-bond donors (Lipinski definition) is 1. The Morgan fingerprint density at radius 2 is 2.33 bits per heavy atom. The molecule has 1 saturated heterocycles. The van der Waals surface area contributed by atoms with Gasteiger partial charge in [0.2, 0.25) is 5.13 Å². The minimum absolute atomic E-state index is 0.0579. The van der Waals surface area contributed by atoms with Crippen molar-refractivity contribution in [1.82, 2.24) is 9.36 Å². The van der Waals surface area contributed by atoms with E-state index in [4.69, 9.17) is 4.74 Å². The number of aliphatic carboxylic acids is 1. The first kappa shape index (κ1) is 13.2. The average Bonchev–Trinajstić information content (AvgIpc) is 2.95. The summed E-state index contributed by atoms with van der Waals surface area (Å²) >= 11 is 1.25. The molecule has 1 aromatic rings. The third-order valence-corrected chi connectivity index (χ3v) is 3.84. The van der Waals surface area contributed by atoms with Crippen LogP contribution in [0, 0.1) is 0 Å². The summed E-state index contributed by atoms with van der Waals surface area (Å²) in [5, 5.41) is 9.91. The molecular formula is C11H17N3O3S. The Balaban J connectivity index is 2.21. The maximum absolute atomic E-state index is 11.2. The van der Waals surface area contributed by atoms with E-state index in [0.717, 1.165) is 5.82 Å². The van der Waals surface area contributed by atoms with Gasteiger partial charge in [-0.3, -0.25) is 0 Å². The first-order valence-electron chi connectivity index (χ1n) is 5.88. The molecule has 1 aromatic heterocycles. The number of nitrogens with zero attached hydrogens (tertiary/aromatic N) is 3. The van der Waals surface area contributed by atoms with Crippen LogP contribution in [0.4, 0.5) is 5.13 Å². The third kappa shape index (κ3) is 2.46. The van der Waals surface area contributed by atoms with Crippen molar-refractivity contribution in [2.45, 2.75) is 38.3 Å². The van der Waals surface area contributed by atoms with Crippen molar-refractivity contribution in [2.24, 2.45) is 0 Å². The second kappa shape index (κ2) is 5.19. The van der Waals surface area contributed by atoms with Gasteiger partial charge in [-0.05, 0) is 0 Å². The van der Waals surface area contributed by atoms with Crippen molar-refractivity contribution < 1.29 is 14.6 Å². The second-order valence-electron chi connectivity index (χ2n) is 4.69. The molecule has 18 heavy (non-hydrogen) atoms. The first-order chi connectivity index (χ1) is 8.52. The van der Waals surface area contributed by atoms with E-state index in [9.17, 15) is 9.90 Å². The molecule has 1 aliphatic rings. The number of anilines is 1. The van der Waals surface area contributed by atoms with Crippen LogP contribution in [0.2, 0.25) is 0 Å². The van der Waals surface area contributed by atoms with Crippen molar-refractivity contribution in [1.29, 1.82) is 0 Å². The van der Waals surface area contributed by atoms with Crippen LogP contribution >= 0.6 is 11.5 Å². The Hall–Kier alpha value is -1.21. The summed E-state index contributed by atoms with van der Waals surface area (Å²) in [5.74, 6) is 0.176. The first-order valence-corrected chi connectivity index (χ1v) is 6.66. The number of carboxylic acid groups (broad SMARTS) is 1. The third-order valence-electron chi connectivity index (χ3n) is 3.07. The maximum Gasteiger partial charge on any atom is 0.326 e. The Kier molecular flexibility index (Phi) is 3.82. The summed E-state index contributed by atoms with van der Waals surface area (Å²) in [4.78, 5) is 17.4. The lowest BCUT2D eigenvalue weighted by Crippen LogP contribution is -2.35. The molecule has 0 aromatic carbocycles. The Morgan fingerprint density at radius 3 is 2.83 bits per heavy atom. The molecule has 7 heteroatoms. The summed E-state index contributed by atoms with van der Waals surface area (Å²) in [5.41, 5.74) is 0. The van der Waals surface area contributed by atoms with Gasteiger partial charge in [0, 0.05) is 37.5 Å². The van der Waals surface area contributed by atoms with Crippen molar-refractivity contribution in [2.75, 3.05) is 18.6 Å². The zero-order valence-electron chi connectivity index (χ0n) is 10.7. The van der Waals surface area contributed by atoms with Crippen LogP contribution in [0.15, 0.2) is 0 Å². The maximum atomic E-state index is 11.2. The van der Waals surface area contributed by atoms with E-state index >= 15 is 0 Å². The van der Waals surface area contributed by atoms with Gasteiger partial charge in [-0.15, -0.1) is 0 Å². The molecule has 1 aliphatic heterocycles. The number of rotatable bonds is 4. The molecule has 100 valence electrons. The van der Waals surface area contributed by atoms with Crippen molar-refractivity contribution in [3.8, 4) is 0 Å². The monoisotopic (exact) mass is 271 g/mol. The highest BCUT2D eigenvalue weighted by molar-refractivity contribution is 7.09. The largest absolute Gasteiger partial charge is 0.480 e. The predicted molar refractivity (Wildman–Crippen MR) is 68.2 cm³/mol. The van der Waals surface area contributed by atoms with Gasteiger partial charge < -0.3 is 14.7 Å². The molecule has 1 N–H and O–H groups in total. The summed E-state index contributed by atoms with van der Waals surface area (Å²) in [6.07, 6.45) is 0.431. The molecule has 6 nitrogen and oxygen atoms in total. The van der Waals surface area contributed by atoms with Gasteiger partial charge in [-0.25, -0.2) is 9.78 Å². The quantitative estimate of drug-likeness (QED) is 0.890. The van der Waals surface area contributed by atoms with Crippen LogP contribution in [0.25, 0.3) is 0 Å². The van der Waals surface area contributed by atoms with Gasteiger partial charge in [0.1, 0.15) is 11.9 Å². The number of carbonyl (C=O) groups is 1. The average molecular weight is 271 g/mol. The van der Waals surface area contributed by atoms with Crippen LogP contribution in [0.5, 0.6) is 0 Å². The van der Waals surface area contributed by atoms with E-state index in [2.05, 4.69) is 9.36 Å². The highest BCUT2D eigenvalue weighted by Gasteiger charge is 2.38. The zero-order valence-corrected chi connectivity index (χ0v) is 11.5. The lowest BCUT2D eigenvalue weighted by molar-refractivity contribution is -0.138. The fraction of sp³-hybridized carbons (Fsp3) is 0.727. The van der Waals surface area contributed by atoms with E-state index in [-0.39, 0.29) is 12.0 Å². The standard InChI is InChI=1S/C11H17N3O3S/c1-6(2)9-12-11(18-13-9)14-5-7(17-3)4-8(14)10(15)16/h6-8H,4-5H2,1-3H3,(H,15,16). The number of hydrogen-bond acceptors (Lipinski definition) is 6. The van der Waals surface area contributed by atoms with Gasteiger partial charge in [-0.1, -0.05) is 13.8 Å². The topological polar surface area (TPSA) is 75.6 Å². The fourth-order valence-electron chi connectivity index (χ4n) is 1.99.